The van der Waals surface area contributed by atoms with E-state index in [0.717, 1.165) is 17.7 Å². The Kier molecular flexibility index (Phi) is 8.34. The van der Waals surface area contributed by atoms with Gasteiger partial charge >= 0.3 is 0 Å². The van der Waals surface area contributed by atoms with Gasteiger partial charge in [-0.3, -0.25) is 9.59 Å². The average Bonchev–Trinajstić information content (AvgIpc) is 2.70. The first-order valence-electron chi connectivity index (χ1n) is 9.44. The fourth-order valence-electron chi connectivity index (χ4n) is 2.85. The molecule has 0 unspecified atom stereocenters. The zero-order valence-electron chi connectivity index (χ0n) is 16.7. The van der Waals surface area contributed by atoms with Gasteiger partial charge < -0.3 is 19.7 Å². The van der Waals surface area contributed by atoms with Crippen LogP contribution in [0.2, 0.25) is 0 Å². The van der Waals surface area contributed by atoms with Crippen LogP contribution in [0.25, 0.3) is 0 Å². The molecular formula is C22H28N2O4. The lowest BCUT2D eigenvalue weighted by Gasteiger charge is -2.23. The summed E-state index contributed by atoms with van der Waals surface area (Å²) in [5, 5.41) is 2.91. The van der Waals surface area contributed by atoms with Gasteiger partial charge in [-0.15, -0.1) is 0 Å². The molecule has 150 valence electrons. The number of nitrogens with one attached hydrogen (secondary N) is 1. The molecule has 6 nitrogen and oxygen atoms in total. The second-order valence-corrected chi connectivity index (χ2v) is 6.27. The number of hydrogen-bond donors (Lipinski definition) is 1. The first kappa shape index (κ1) is 21.3. The van der Waals surface area contributed by atoms with E-state index in [0.29, 0.717) is 31.1 Å². The molecule has 0 heterocycles. The van der Waals surface area contributed by atoms with E-state index in [1.165, 1.54) is 6.92 Å². The van der Waals surface area contributed by atoms with Crippen molar-refractivity contribution in [2.45, 2.75) is 26.7 Å². The van der Waals surface area contributed by atoms with Crippen molar-refractivity contribution in [3.63, 3.8) is 0 Å². The quantitative estimate of drug-likeness (QED) is 0.683. The van der Waals surface area contributed by atoms with Crippen molar-refractivity contribution in [1.29, 1.82) is 0 Å². The summed E-state index contributed by atoms with van der Waals surface area (Å²) in [4.78, 5) is 25.9. The number of amides is 2. The number of hydrogen-bond acceptors (Lipinski definition) is 4. The predicted molar refractivity (Wildman–Crippen MR) is 110 cm³/mol. The number of ether oxygens (including phenoxy) is 2. The number of methoxy groups -OCH3 is 1. The third-order valence-electron chi connectivity index (χ3n) is 4.29. The molecule has 1 N–H and O–H groups in total. The number of anilines is 1. The molecule has 2 amide bonds. The largest absolute Gasteiger partial charge is 0.497 e. The maximum atomic E-state index is 12.2. The Morgan fingerprint density at radius 1 is 1.07 bits per heavy atom. The van der Waals surface area contributed by atoms with Crippen molar-refractivity contribution < 1.29 is 19.1 Å². The van der Waals surface area contributed by atoms with Gasteiger partial charge in [-0.1, -0.05) is 24.3 Å². The minimum Gasteiger partial charge on any atom is -0.497 e. The van der Waals surface area contributed by atoms with E-state index in [9.17, 15) is 9.59 Å². The number of carbonyl (C=O) groups excluding carboxylic acids is 2. The predicted octanol–water partition coefficient (Wildman–Crippen LogP) is 3.20. The Balaban J connectivity index is 1.86. The van der Waals surface area contributed by atoms with E-state index in [2.05, 4.69) is 5.32 Å². The van der Waals surface area contributed by atoms with Crippen LogP contribution >= 0.6 is 0 Å². The molecule has 0 aliphatic heterocycles. The van der Waals surface area contributed by atoms with Gasteiger partial charge in [0.15, 0.2) is 0 Å². The van der Waals surface area contributed by atoms with Crippen molar-refractivity contribution in [2.75, 3.05) is 31.7 Å². The molecule has 0 aromatic heterocycles. The minimum atomic E-state index is -0.127. The lowest BCUT2D eigenvalue weighted by molar-refractivity contribution is -0.121. The van der Waals surface area contributed by atoms with Crippen LogP contribution in [0.5, 0.6) is 11.5 Å². The second kappa shape index (κ2) is 11.0. The Morgan fingerprint density at radius 3 is 2.43 bits per heavy atom. The SMILES string of the molecule is CCOc1ccccc1N(CCC(=O)NCCc1ccc(OC)cc1)C(C)=O. The molecule has 2 aromatic carbocycles. The molecule has 0 bridgehead atoms. The highest BCUT2D eigenvalue weighted by Gasteiger charge is 2.17. The van der Waals surface area contributed by atoms with E-state index < -0.39 is 0 Å². The third kappa shape index (κ3) is 6.30. The van der Waals surface area contributed by atoms with Crippen LogP contribution in [0.4, 0.5) is 5.69 Å². The minimum absolute atomic E-state index is 0.0892. The topological polar surface area (TPSA) is 67.9 Å². The standard InChI is InChI=1S/C22H28N2O4/c1-4-28-21-8-6-5-7-20(21)24(17(2)25)16-14-22(26)23-15-13-18-9-11-19(27-3)12-10-18/h5-12H,4,13-16H2,1-3H3,(H,23,26). The maximum absolute atomic E-state index is 12.2. The normalized spacial score (nSPS) is 10.2. The van der Waals surface area contributed by atoms with Crippen LogP contribution in [0.3, 0.4) is 0 Å². The van der Waals surface area contributed by atoms with Crippen molar-refractivity contribution in [3.05, 3.63) is 54.1 Å². The van der Waals surface area contributed by atoms with Crippen molar-refractivity contribution in [3.8, 4) is 11.5 Å². The highest BCUT2D eigenvalue weighted by molar-refractivity contribution is 5.93. The second-order valence-electron chi connectivity index (χ2n) is 6.27. The molecule has 2 aromatic rings. The van der Waals surface area contributed by atoms with E-state index in [-0.39, 0.29) is 18.2 Å². The summed E-state index contributed by atoms with van der Waals surface area (Å²) in [7, 11) is 1.63. The number of rotatable bonds is 10. The van der Waals surface area contributed by atoms with Gasteiger partial charge in [0.2, 0.25) is 11.8 Å². The zero-order chi connectivity index (χ0) is 20.4. The Morgan fingerprint density at radius 2 is 1.79 bits per heavy atom. The molecule has 0 aliphatic rings. The summed E-state index contributed by atoms with van der Waals surface area (Å²) in [5.74, 6) is 1.23. The first-order valence-corrected chi connectivity index (χ1v) is 9.44. The fraction of sp³-hybridized carbons (Fsp3) is 0.364. The molecular weight excluding hydrogens is 356 g/mol. The summed E-state index contributed by atoms with van der Waals surface area (Å²) >= 11 is 0. The van der Waals surface area contributed by atoms with Gasteiger partial charge in [0.05, 0.1) is 19.4 Å². The maximum Gasteiger partial charge on any atom is 0.223 e. The monoisotopic (exact) mass is 384 g/mol. The molecule has 0 spiro atoms. The first-order chi connectivity index (χ1) is 13.5. The van der Waals surface area contributed by atoms with E-state index >= 15 is 0 Å². The van der Waals surface area contributed by atoms with Crippen molar-refractivity contribution >= 4 is 17.5 Å². The van der Waals surface area contributed by atoms with Crippen LogP contribution in [0.1, 0.15) is 25.8 Å². The number of para-hydroxylation sites is 2. The van der Waals surface area contributed by atoms with Gasteiger partial charge in [-0.2, -0.15) is 0 Å². The van der Waals surface area contributed by atoms with Gasteiger partial charge in [0.1, 0.15) is 11.5 Å². The molecule has 0 saturated heterocycles. The summed E-state index contributed by atoms with van der Waals surface area (Å²) in [6.07, 6.45) is 0.960. The van der Waals surface area contributed by atoms with E-state index in [1.807, 2.05) is 55.5 Å². The summed E-state index contributed by atoms with van der Waals surface area (Å²) in [6, 6.07) is 15.1. The molecule has 28 heavy (non-hydrogen) atoms. The van der Waals surface area contributed by atoms with Gasteiger partial charge in [-0.25, -0.2) is 0 Å². The number of nitrogens with zero attached hydrogens (tertiary/aromatic N) is 1. The van der Waals surface area contributed by atoms with Crippen LogP contribution in [-0.2, 0) is 16.0 Å². The van der Waals surface area contributed by atoms with E-state index in [1.54, 1.807) is 12.0 Å². The average molecular weight is 384 g/mol. The summed E-state index contributed by atoms with van der Waals surface area (Å²) in [6.45, 7) is 4.73. The molecule has 0 atom stereocenters. The number of benzene rings is 2. The Bertz CT molecular complexity index is 774. The molecule has 0 fully saturated rings. The van der Waals surface area contributed by atoms with Crippen molar-refractivity contribution in [1.82, 2.24) is 5.32 Å². The summed E-state index contributed by atoms with van der Waals surface area (Å²) < 4.78 is 10.7. The molecule has 6 heteroatoms. The Labute approximate surface area is 166 Å². The lowest BCUT2D eigenvalue weighted by Crippen LogP contribution is -2.34. The fourth-order valence-corrected chi connectivity index (χ4v) is 2.85. The van der Waals surface area contributed by atoms with Gasteiger partial charge in [0.25, 0.3) is 0 Å². The summed E-state index contributed by atoms with van der Waals surface area (Å²) in [5.41, 5.74) is 1.81. The van der Waals surface area contributed by atoms with Crippen LogP contribution < -0.4 is 19.7 Å². The lowest BCUT2D eigenvalue weighted by atomic mass is 10.1. The molecule has 2 rings (SSSR count). The molecule has 0 radical (unpaired) electrons. The highest BCUT2D eigenvalue weighted by Crippen LogP contribution is 2.28. The van der Waals surface area contributed by atoms with Crippen LogP contribution in [0.15, 0.2) is 48.5 Å². The zero-order valence-corrected chi connectivity index (χ0v) is 16.7. The van der Waals surface area contributed by atoms with Gasteiger partial charge in [-0.05, 0) is 43.2 Å². The number of carbonyl (C=O) groups is 2. The third-order valence-corrected chi connectivity index (χ3v) is 4.29. The molecule has 0 aliphatic carbocycles. The van der Waals surface area contributed by atoms with Gasteiger partial charge in [0, 0.05) is 26.4 Å². The van der Waals surface area contributed by atoms with Crippen molar-refractivity contribution in [2.24, 2.45) is 0 Å². The highest BCUT2D eigenvalue weighted by atomic mass is 16.5. The molecule has 0 saturated carbocycles. The Hall–Kier alpha value is -3.02. The van der Waals surface area contributed by atoms with E-state index in [4.69, 9.17) is 9.47 Å². The van der Waals surface area contributed by atoms with Crippen LogP contribution in [0, 0.1) is 0 Å². The van der Waals surface area contributed by atoms with Crippen LogP contribution in [-0.4, -0.2) is 38.6 Å². The smallest absolute Gasteiger partial charge is 0.223 e.